The molecule has 4 nitrogen and oxygen atoms in total. The third-order valence-corrected chi connectivity index (χ3v) is 1.21. The first kappa shape index (κ1) is 8.90. The summed E-state index contributed by atoms with van der Waals surface area (Å²) in [6.07, 6.45) is 3.22. The van der Waals surface area contributed by atoms with Crippen molar-refractivity contribution >= 4 is 27.0 Å². The van der Waals surface area contributed by atoms with Crippen molar-refractivity contribution in [2.45, 2.75) is 0 Å². The Balaban J connectivity index is 2.64. The molecule has 0 fully saturated rings. The van der Waals surface area contributed by atoms with Gasteiger partial charge in [0.05, 0.1) is 0 Å². The molecule has 0 aromatic carbocycles. The van der Waals surface area contributed by atoms with E-state index in [1.165, 1.54) is 6.21 Å². The molecular weight excluding hydrogens is 219 g/mol. The second-order valence-corrected chi connectivity index (χ2v) is 2.81. The molecule has 62 valence electrons. The molecule has 0 aliphatic heterocycles. The number of hydrogen-bond donors (Lipinski definition) is 1. The predicted molar refractivity (Wildman–Crippen MR) is 49.2 cm³/mol. The average molecular weight is 226 g/mol. The fourth-order valence-electron chi connectivity index (χ4n) is 0.597. The fraction of sp³-hybridized carbons (Fsp3) is 0. The molecule has 1 aromatic heterocycles. The summed E-state index contributed by atoms with van der Waals surface area (Å²) in [6.45, 7) is 0. The molecule has 2 N–H and O–H groups in total. The minimum absolute atomic E-state index is 0.308. The molecule has 1 rings (SSSR count). The van der Waals surface area contributed by atoms with E-state index in [1.54, 1.807) is 6.20 Å². The monoisotopic (exact) mass is 227 g/mol. The van der Waals surface area contributed by atoms with Gasteiger partial charge in [-0.25, -0.2) is 0 Å². The Morgan fingerprint density at radius 3 is 3.00 bits per heavy atom. The number of nitrogens with two attached hydrogens (primary N) is 1. The van der Waals surface area contributed by atoms with Crippen LogP contribution >= 0.6 is 0 Å². The van der Waals surface area contributed by atoms with Crippen molar-refractivity contribution in [1.82, 2.24) is 4.98 Å². The van der Waals surface area contributed by atoms with Gasteiger partial charge >= 0.3 is 78.0 Å². The van der Waals surface area contributed by atoms with Gasteiger partial charge in [-0.05, 0) is 0 Å². The van der Waals surface area contributed by atoms with Gasteiger partial charge in [-0.2, -0.15) is 0 Å². The van der Waals surface area contributed by atoms with E-state index in [2.05, 4.69) is 31.2 Å². The van der Waals surface area contributed by atoms with Crippen molar-refractivity contribution in [3.8, 4) is 0 Å². The molecule has 0 aliphatic carbocycles. The Hall–Kier alpha value is -1.19. The van der Waals surface area contributed by atoms with Crippen LogP contribution in [0.25, 0.3) is 0 Å². The van der Waals surface area contributed by atoms with Gasteiger partial charge in [0.1, 0.15) is 0 Å². The molecule has 0 radical (unpaired) electrons. The van der Waals surface area contributed by atoms with Crippen LogP contribution in [-0.2, 0) is 0 Å². The van der Waals surface area contributed by atoms with E-state index in [0.717, 1.165) is 5.69 Å². The summed E-state index contributed by atoms with van der Waals surface area (Å²) < 4.78 is 0.308. The molecule has 5 heteroatoms. The maximum absolute atomic E-state index is 5.22. The topological polar surface area (TPSA) is 63.6 Å². The van der Waals surface area contributed by atoms with Crippen molar-refractivity contribution in [2.24, 2.45) is 15.9 Å². The van der Waals surface area contributed by atoms with Crippen LogP contribution in [0.2, 0.25) is 0 Å². The van der Waals surface area contributed by atoms with E-state index in [4.69, 9.17) is 5.73 Å². The van der Waals surface area contributed by atoms with Crippen LogP contribution in [-0.4, -0.2) is 31.9 Å². The molecule has 1 aromatic rings. The molecule has 0 bridgehead atoms. The van der Waals surface area contributed by atoms with E-state index < -0.39 is 0 Å². The number of amidine groups is 1. The van der Waals surface area contributed by atoms with Crippen LogP contribution in [0.4, 0.5) is 0 Å². The molecule has 0 amide bonds. The van der Waals surface area contributed by atoms with Crippen molar-refractivity contribution in [1.29, 1.82) is 0 Å². The van der Waals surface area contributed by atoms with Crippen LogP contribution in [0.1, 0.15) is 5.69 Å². The van der Waals surface area contributed by atoms with Gasteiger partial charge in [0.2, 0.25) is 0 Å². The van der Waals surface area contributed by atoms with Gasteiger partial charge in [0, 0.05) is 0 Å². The van der Waals surface area contributed by atoms with Crippen molar-refractivity contribution in [2.75, 3.05) is 0 Å². The minimum atomic E-state index is 0.308. The number of aromatic nitrogens is 1. The van der Waals surface area contributed by atoms with Crippen molar-refractivity contribution < 1.29 is 0 Å². The zero-order valence-corrected chi connectivity index (χ0v) is 7.93. The van der Waals surface area contributed by atoms with Crippen LogP contribution in [0.5, 0.6) is 0 Å². The van der Waals surface area contributed by atoms with Crippen molar-refractivity contribution in [3.63, 3.8) is 0 Å². The van der Waals surface area contributed by atoms with Gasteiger partial charge in [-0.1, -0.05) is 0 Å². The normalized spacial score (nSPS) is 12.2. The molecular formula is C7H7N4Se-. The number of rotatable bonds is 2. The zero-order chi connectivity index (χ0) is 8.81. The second kappa shape index (κ2) is 4.64. The van der Waals surface area contributed by atoms with E-state index >= 15 is 0 Å². The Labute approximate surface area is 78.4 Å². The molecule has 0 unspecified atom stereocenters. The summed E-state index contributed by atoms with van der Waals surface area (Å²) in [7, 11) is 0. The van der Waals surface area contributed by atoms with Crippen molar-refractivity contribution in [3.05, 3.63) is 30.1 Å². The molecule has 12 heavy (non-hydrogen) atoms. The third kappa shape index (κ3) is 3.27. The molecule has 1 heterocycles. The fourth-order valence-corrected chi connectivity index (χ4v) is 0.696. The molecule has 0 atom stereocenters. The number of pyridine rings is 1. The summed E-state index contributed by atoms with van der Waals surface area (Å²) in [5.41, 5.74) is 5.97. The molecule has 0 spiro atoms. The quantitative estimate of drug-likeness (QED) is 0.331. The molecule has 0 aliphatic rings. The Morgan fingerprint density at radius 2 is 2.42 bits per heavy atom. The van der Waals surface area contributed by atoms with Gasteiger partial charge in [-0.15, -0.1) is 0 Å². The van der Waals surface area contributed by atoms with E-state index in [1.807, 2.05) is 18.2 Å². The Kier molecular flexibility index (Phi) is 3.44. The van der Waals surface area contributed by atoms with Crippen LogP contribution in [0.15, 0.2) is 34.6 Å². The third-order valence-electron chi connectivity index (χ3n) is 1.03. The summed E-state index contributed by atoms with van der Waals surface area (Å²) >= 11 is 2.52. The van der Waals surface area contributed by atoms with Gasteiger partial charge in [0.25, 0.3) is 0 Å². The Morgan fingerprint density at radius 1 is 1.58 bits per heavy atom. The van der Waals surface area contributed by atoms with E-state index in [-0.39, 0.29) is 0 Å². The van der Waals surface area contributed by atoms with Crippen LogP contribution < -0.4 is 5.73 Å². The zero-order valence-electron chi connectivity index (χ0n) is 6.21. The summed E-state index contributed by atoms with van der Waals surface area (Å²) in [4.78, 5) is 4.01. The van der Waals surface area contributed by atoms with E-state index in [0.29, 0.717) is 4.73 Å². The Bertz CT molecular complexity index is 290. The average Bonchev–Trinajstić information content (AvgIpc) is 2.05. The molecule has 0 saturated carbocycles. The van der Waals surface area contributed by atoms with Crippen LogP contribution in [0.3, 0.4) is 0 Å². The predicted octanol–water partition coefficient (Wildman–Crippen LogP) is -0.101. The SMILES string of the molecule is N/C([Se-])=N/N=C/c1ccccn1. The van der Waals surface area contributed by atoms with Gasteiger partial charge in [0.15, 0.2) is 0 Å². The summed E-state index contributed by atoms with van der Waals surface area (Å²) in [6, 6.07) is 5.54. The number of nitrogens with zero attached hydrogens (tertiary/aromatic N) is 3. The molecule has 0 saturated heterocycles. The van der Waals surface area contributed by atoms with E-state index in [9.17, 15) is 0 Å². The first-order valence-corrected chi connectivity index (χ1v) is 4.09. The van der Waals surface area contributed by atoms with Gasteiger partial charge < -0.3 is 0 Å². The van der Waals surface area contributed by atoms with Gasteiger partial charge in [-0.3, -0.25) is 0 Å². The first-order valence-electron chi connectivity index (χ1n) is 3.23. The summed E-state index contributed by atoms with van der Waals surface area (Å²) in [5, 5.41) is 7.27. The van der Waals surface area contributed by atoms with Crippen LogP contribution in [0, 0.1) is 0 Å². The maximum atomic E-state index is 5.22. The number of hydrogen-bond acceptors (Lipinski definition) is 3. The second-order valence-electron chi connectivity index (χ2n) is 1.94. The summed E-state index contributed by atoms with van der Waals surface area (Å²) in [5.74, 6) is 0. The standard InChI is InChI=1S/C7H8N4Se/c8-7(12)11-10-5-6-3-1-2-4-9-6/h1-5H,(H3,8,11,12)/p-1/b10-5+. The first-order chi connectivity index (χ1) is 5.79.